The van der Waals surface area contributed by atoms with Crippen LogP contribution in [0.4, 0.5) is 5.69 Å². The van der Waals surface area contributed by atoms with E-state index in [2.05, 4.69) is 67.0 Å². The van der Waals surface area contributed by atoms with Gasteiger partial charge in [0.05, 0.1) is 5.60 Å². The second-order valence-electron chi connectivity index (χ2n) is 7.79. The van der Waals surface area contributed by atoms with Gasteiger partial charge in [-0.1, -0.05) is 42.0 Å². The van der Waals surface area contributed by atoms with Crippen molar-refractivity contribution in [1.82, 2.24) is 5.32 Å². The van der Waals surface area contributed by atoms with Gasteiger partial charge in [0.2, 0.25) is 0 Å². The quantitative estimate of drug-likeness (QED) is 0.738. The number of benzene rings is 2. The average molecular weight is 351 g/mol. The Balaban J connectivity index is 1.81. The fourth-order valence-corrected chi connectivity index (χ4v) is 3.60. The first-order valence-corrected chi connectivity index (χ1v) is 9.44. The lowest BCUT2D eigenvalue weighted by Gasteiger charge is -2.24. The molecule has 0 saturated carbocycles. The minimum absolute atomic E-state index is 0.312. The molecule has 0 spiro atoms. The van der Waals surface area contributed by atoms with Gasteiger partial charge in [0.25, 0.3) is 0 Å². The third kappa shape index (κ3) is 4.35. The predicted molar refractivity (Wildman–Crippen MR) is 110 cm³/mol. The highest BCUT2D eigenvalue weighted by Crippen LogP contribution is 2.32. The van der Waals surface area contributed by atoms with Crippen molar-refractivity contribution >= 4 is 11.3 Å². The van der Waals surface area contributed by atoms with Gasteiger partial charge in [0.15, 0.2) is 0 Å². The Morgan fingerprint density at radius 2 is 1.88 bits per heavy atom. The molecule has 138 valence electrons. The summed E-state index contributed by atoms with van der Waals surface area (Å²) in [4.78, 5) is 0. The largest absolute Gasteiger partial charge is 0.386 e. The van der Waals surface area contributed by atoms with E-state index in [1.54, 1.807) is 0 Å². The molecular formula is C23H30N2O. The van der Waals surface area contributed by atoms with E-state index in [0.29, 0.717) is 6.04 Å². The molecule has 2 aromatic rings. The van der Waals surface area contributed by atoms with E-state index < -0.39 is 5.60 Å². The van der Waals surface area contributed by atoms with Gasteiger partial charge in [-0.2, -0.15) is 0 Å². The number of nitrogens with one attached hydrogen (secondary N) is 2. The molecule has 3 nitrogen and oxygen atoms in total. The molecule has 0 fully saturated rings. The Morgan fingerprint density at radius 1 is 1.15 bits per heavy atom. The number of anilines is 1. The van der Waals surface area contributed by atoms with Crippen molar-refractivity contribution in [3.05, 3.63) is 70.8 Å². The smallest absolute Gasteiger partial charge is 0.0843 e. The van der Waals surface area contributed by atoms with Gasteiger partial charge in [0.1, 0.15) is 0 Å². The zero-order chi connectivity index (χ0) is 18.7. The maximum atomic E-state index is 10.6. The Hall–Kier alpha value is -2.10. The molecule has 1 unspecified atom stereocenters. The summed E-state index contributed by atoms with van der Waals surface area (Å²) in [6.07, 6.45) is 3.26. The van der Waals surface area contributed by atoms with E-state index in [1.807, 2.05) is 19.9 Å². The first-order valence-electron chi connectivity index (χ1n) is 9.44. The second-order valence-corrected chi connectivity index (χ2v) is 7.79. The van der Waals surface area contributed by atoms with Gasteiger partial charge in [-0.3, -0.25) is 0 Å². The number of rotatable bonds is 5. The summed E-state index contributed by atoms with van der Waals surface area (Å²) in [6, 6.07) is 15.1. The molecule has 0 radical (unpaired) electrons. The van der Waals surface area contributed by atoms with Gasteiger partial charge in [-0.15, -0.1) is 0 Å². The zero-order valence-corrected chi connectivity index (χ0v) is 16.3. The summed E-state index contributed by atoms with van der Waals surface area (Å²) < 4.78 is 0. The van der Waals surface area contributed by atoms with Crippen LogP contribution in [0.1, 0.15) is 49.4 Å². The summed E-state index contributed by atoms with van der Waals surface area (Å²) in [6.45, 7) is 9.67. The third-order valence-corrected chi connectivity index (χ3v) is 5.01. The first-order chi connectivity index (χ1) is 12.3. The lowest BCUT2D eigenvalue weighted by molar-refractivity contribution is 0.0774. The van der Waals surface area contributed by atoms with Crippen LogP contribution < -0.4 is 10.6 Å². The van der Waals surface area contributed by atoms with Gasteiger partial charge < -0.3 is 15.7 Å². The highest BCUT2D eigenvalue weighted by Gasteiger charge is 2.24. The molecule has 1 aliphatic heterocycles. The molecule has 3 heteroatoms. The van der Waals surface area contributed by atoms with Crippen LogP contribution in [0.15, 0.2) is 48.5 Å². The van der Waals surface area contributed by atoms with Crippen LogP contribution in [0.2, 0.25) is 0 Å². The standard InChI is InChI=1S/C23H30N2O/c1-16-8-10-19(11-9-16)24-13-12-18-14-17(2)25-15-21-20(18)6-5-7-22(21)23(3,4)26/h5-11,14,17,24-26H,12-13,15H2,1-4H3. The summed E-state index contributed by atoms with van der Waals surface area (Å²) >= 11 is 0. The molecule has 26 heavy (non-hydrogen) atoms. The van der Waals surface area contributed by atoms with Crippen LogP contribution in [-0.2, 0) is 12.1 Å². The highest BCUT2D eigenvalue weighted by molar-refractivity contribution is 5.71. The normalized spacial score (nSPS) is 17.3. The minimum atomic E-state index is -0.841. The first kappa shape index (κ1) is 18.7. The average Bonchev–Trinajstić information content (AvgIpc) is 2.75. The van der Waals surface area contributed by atoms with Crippen molar-refractivity contribution in [2.75, 3.05) is 11.9 Å². The van der Waals surface area contributed by atoms with E-state index in [9.17, 15) is 5.11 Å². The molecular weight excluding hydrogens is 320 g/mol. The maximum Gasteiger partial charge on any atom is 0.0843 e. The highest BCUT2D eigenvalue weighted by atomic mass is 16.3. The van der Waals surface area contributed by atoms with Crippen molar-refractivity contribution < 1.29 is 5.11 Å². The van der Waals surface area contributed by atoms with E-state index in [0.717, 1.165) is 30.8 Å². The summed E-state index contributed by atoms with van der Waals surface area (Å²) in [5.41, 5.74) is 6.40. The summed E-state index contributed by atoms with van der Waals surface area (Å²) in [5, 5.41) is 17.6. The van der Waals surface area contributed by atoms with Crippen molar-refractivity contribution in [3.63, 3.8) is 0 Å². The lowest BCUT2D eigenvalue weighted by Crippen LogP contribution is -2.25. The number of aryl methyl sites for hydroxylation is 1. The molecule has 0 aromatic heterocycles. The van der Waals surface area contributed by atoms with E-state index in [-0.39, 0.29) is 0 Å². The molecule has 0 amide bonds. The molecule has 2 aromatic carbocycles. The Labute approximate surface area is 157 Å². The van der Waals surface area contributed by atoms with Crippen LogP contribution in [0.3, 0.4) is 0 Å². The molecule has 3 N–H and O–H groups in total. The third-order valence-electron chi connectivity index (χ3n) is 5.01. The Morgan fingerprint density at radius 3 is 2.58 bits per heavy atom. The Bertz CT molecular complexity index is 785. The molecule has 1 aliphatic rings. The van der Waals surface area contributed by atoms with Gasteiger partial charge >= 0.3 is 0 Å². The van der Waals surface area contributed by atoms with Gasteiger partial charge in [-0.05, 0) is 68.5 Å². The topological polar surface area (TPSA) is 44.3 Å². The zero-order valence-electron chi connectivity index (χ0n) is 16.3. The van der Waals surface area contributed by atoms with Crippen molar-refractivity contribution in [3.8, 4) is 0 Å². The minimum Gasteiger partial charge on any atom is -0.386 e. The number of fused-ring (bicyclic) bond motifs is 1. The molecule has 0 bridgehead atoms. The van der Waals surface area contributed by atoms with Crippen LogP contribution in [0, 0.1) is 6.92 Å². The van der Waals surface area contributed by atoms with Gasteiger partial charge in [-0.25, -0.2) is 0 Å². The lowest BCUT2D eigenvalue weighted by atomic mass is 9.87. The summed E-state index contributed by atoms with van der Waals surface area (Å²) in [5.74, 6) is 0. The van der Waals surface area contributed by atoms with Crippen LogP contribution in [0.25, 0.3) is 5.57 Å². The SMILES string of the molecule is Cc1ccc(NCCC2=CC(C)NCc3c2cccc3C(C)(C)O)cc1. The maximum absolute atomic E-state index is 10.6. The fourth-order valence-electron chi connectivity index (χ4n) is 3.60. The van der Waals surface area contributed by atoms with Crippen LogP contribution in [-0.4, -0.2) is 17.7 Å². The summed E-state index contributed by atoms with van der Waals surface area (Å²) in [7, 11) is 0. The van der Waals surface area contributed by atoms with Crippen LogP contribution in [0.5, 0.6) is 0 Å². The fraction of sp³-hybridized carbons (Fsp3) is 0.391. The molecule has 3 rings (SSSR count). The van der Waals surface area contributed by atoms with Crippen molar-refractivity contribution in [2.45, 2.75) is 52.3 Å². The van der Waals surface area contributed by atoms with E-state index in [1.165, 1.54) is 22.3 Å². The van der Waals surface area contributed by atoms with Crippen molar-refractivity contribution in [1.29, 1.82) is 0 Å². The number of hydrogen-bond acceptors (Lipinski definition) is 3. The second kappa shape index (κ2) is 7.65. The molecule has 0 aliphatic carbocycles. The molecule has 0 saturated heterocycles. The van der Waals surface area contributed by atoms with E-state index in [4.69, 9.17) is 0 Å². The van der Waals surface area contributed by atoms with Gasteiger partial charge in [0, 0.05) is 24.8 Å². The van der Waals surface area contributed by atoms with Crippen molar-refractivity contribution in [2.24, 2.45) is 0 Å². The Kier molecular flexibility index (Phi) is 5.49. The molecule has 1 heterocycles. The number of hydrogen-bond donors (Lipinski definition) is 3. The van der Waals surface area contributed by atoms with E-state index >= 15 is 0 Å². The van der Waals surface area contributed by atoms with Crippen LogP contribution >= 0.6 is 0 Å². The molecule has 1 atom stereocenters. The predicted octanol–water partition coefficient (Wildman–Crippen LogP) is 4.60. The monoisotopic (exact) mass is 350 g/mol. The number of aliphatic hydroxyl groups is 1.